The second-order valence-electron chi connectivity index (χ2n) is 3.74. The summed E-state index contributed by atoms with van der Waals surface area (Å²) in [4.78, 5) is 0. The Bertz CT molecular complexity index is 566. The number of methoxy groups -OCH3 is 2. The van der Waals surface area contributed by atoms with Crippen LogP contribution in [0.2, 0.25) is 0 Å². The minimum Gasteiger partial charge on any atom is -0.496 e. The number of fused-ring (bicyclic) bond motifs is 1. The average Bonchev–Trinajstić information content (AvgIpc) is 2.39. The Morgan fingerprint density at radius 1 is 1.00 bits per heavy atom. The van der Waals surface area contributed by atoms with Crippen LogP contribution in [0.25, 0.3) is 10.8 Å². The lowest BCUT2D eigenvalue weighted by molar-refractivity contribution is 0.337. The van der Waals surface area contributed by atoms with E-state index in [1.807, 2.05) is 31.2 Å². The fourth-order valence-electron chi connectivity index (χ4n) is 1.90. The zero-order chi connectivity index (χ0) is 13.1. The predicted octanol–water partition coefficient (Wildman–Crippen LogP) is 4.02. The van der Waals surface area contributed by atoms with Crippen LogP contribution in [0.1, 0.15) is 6.92 Å². The molecule has 0 spiro atoms. The van der Waals surface area contributed by atoms with Gasteiger partial charge >= 0.3 is 0 Å². The van der Waals surface area contributed by atoms with Crippen LogP contribution in [-0.2, 0) is 0 Å². The van der Waals surface area contributed by atoms with Crippen molar-refractivity contribution in [1.82, 2.24) is 0 Å². The molecule has 0 fully saturated rings. The highest BCUT2D eigenvalue weighted by Crippen LogP contribution is 2.39. The van der Waals surface area contributed by atoms with Crippen LogP contribution in [0.5, 0.6) is 17.2 Å². The van der Waals surface area contributed by atoms with Gasteiger partial charge in [0.15, 0.2) is 0 Å². The number of benzene rings is 2. The fraction of sp³-hybridized carbons (Fsp3) is 0.286. The van der Waals surface area contributed by atoms with Crippen LogP contribution in [0, 0.1) is 0 Å². The maximum atomic E-state index is 5.54. The van der Waals surface area contributed by atoms with E-state index >= 15 is 0 Å². The summed E-state index contributed by atoms with van der Waals surface area (Å²) >= 11 is 3.55. The molecule has 0 aliphatic rings. The minimum absolute atomic E-state index is 0.621. The predicted molar refractivity (Wildman–Crippen MR) is 75.9 cm³/mol. The molecular formula is C14H15BrO3. The van der Waals surface area contributed by atoms with E-state index in [9.17, 15) is 0 Å². The van der Waals surface area contributed by atoms with Crippen LogP contribution in [0.4, 0.5) is 0 Å². The second kappa shape index (κ2) is 5.48. The average molecular weight is 311 g/mol. The van der Waals surface area contributed by atoms with Crippen LogP contribution in [-0.4, -0.2) is 20.8 Å². The molecule has 2 rings (SSSR count). The molecule has 4 heteroatoms. The molecule has 2 aromatic rings. The van der Waals surface area contributed by atoms with E-state index in [1.54, 1.807) is 14.2 Å². The van der Waals surface area contributed by atoms with E-state index in [2.05, 4.69) is 15.9 Å². The van der Waals surface area contributed by atoms with Crippen molar-refractivity contribution in [2.45, 2.75) is 6.92 Å². The molecule has 0 heterocycles. The van der Waals surface area contributed by atoms with Crippen LogP contribution in [0.15, 0.2) is 28.7 Å². The molecule has 0 bridgehead atoms. The summed E-state index contributed by atoms with van der Waals surface area (Å²) in [6.45, 7) is 2.58. The van der Waals surface area contributed by atoms with Crippen molar-refractivity contribution in [3.63, 3.8) is 0 Å². The van der Waals surface area contributed by atoms with Gasteiger partial charge in [-0.3, -0.25) is 0 Å². The summed E-state index contributed by atoms with van der Waals surface area (Å²) in [5.74, 6) is 2.37. The van der Waals surface area contributed by atoms with Gasteiger partial charge in [0.05, 0.1) is 25.3 Å². The number of halogens is 1. The molecule has 0 saturated carbocycles. The highest BCUT2D eigenvalue weighted by Gasteiger charge is 2.11. The van der Waals surface area contributed by atoms with Gasteiger partial charge in [0.2, 0.25) is 0 Å². The third-order valence-electron chi connectivity index (χ3n) is 2.72. The second-order valence-corrected chi connectivity index (χ2v) is 4.53. The fourth-order valence-corrected chi connectivity index (χ4v) is 2.52. The van der Waals surface area contributed by atoms with Crippen molar-refractivity contribution in [3.05, 3.63) is 28.7 Å². The minimum atomic E-state index is 0.621. The Morgan fingerprint density at radius 3 is 2.33 bits per heavy atom. The van der Waals surface area contributed by atoms with Crippen LogP contribution >= 0.6 is 15.9 Å². The van der Waals surface area contributed by atoms with Gasteiger partial charge in [-0.25, -0.2) is 0 Å². The molecule has 0 aliphatic carbocycles. The Balaban J connectivity index is 2.71. The van der Waals surface area contributed by atoms with E-state index in [1.165, 1.54) is 0 Å². The van der Waals surface area contributed by atoms with Crippen LogP contribution < -0.4 is 14.2 Å². The molecule has 0 radical (unpaired) electrons. The van der Waals surface area contributed by atoms with Gasteiger partial charge in [0.1, 0.15) is 17.2 Å². The number of hydrogen-bond acceptors (Lipinski definition) is 3. The van der Waals surface area contributed by atoms with E-state index in [-0.39, 0.29) is 0 Å². The molecule has 0 aromatic heterocycles. The summed E-state index contributed by atoms with van der Waals surface area (Å²) in [6, 6.07) is 7.77. The van der Waals surface area contributed by atoms with Gasteiger partial charge in [-0.1, -0.05) is 0 Å². The first-order chi connectivity index (χ1) is 8.71. The Morgan fingerprint density at radius 2 is 1.72 bits per heavy atom. The third-order valence-corrected chi connectivity index (χ3v) is 3.54. The van der Waals surface area contributed by atoms with Gasteiger partial charge in [0.25, 0.3) is 0 Å². The normalized spacial score (nSPS) is 10.4. The lowest BCUT2D eigenvalue weighted by Crippen LogP contribution is -1.94. The summed E-state index contributed by atoms with van der Waals surface area (Å²) in [7, 11) is 3.30. The molecule has 2 aromatic carbocycles. The molecule has 3 nitrogen and oxygen atoms in total. The Hall–Kier alpha value is -1.42. The van der Waals surface area contributed by atoms with E-state index in [0.717, 1.165) is 32.5 Å². The van der Waals surface area contributed by atoms with Crippen LogP contribution in [0.3, 0.4) is 0 Å². The lowest BCUT2D eigenvalue weighted by Gasteiger charge is -2.12. The standard InChI is InChI=1S/C14H15BrO3/c1-4-18-9-7-11-10(13(8-9)17-3)5-6-12(16-2)14(11)15/h5-8H,4H2,1-3H3. The summed E-state index contributed by atoms with van der Waals surface area (Å²) in [6.07, 6.45) is 0. The zero-order valence-electron chi connectivity index (χ0n) is 10.6. The van der Waals surface area contributed by atoms with Gasteiger partial charge < -0.3 is 14.2 Å². The van der Waals surface area contributed by atoms with Gasteiger partial charge in [-0.15, -0.1) is 0 Å². The first-order valence-electron chi connectivity index (χ1n) is 5.68. The third kappa shape index (κ3) is 2.25. The lowest BCUT2D eigenvalue weighted by atomic mass is 10.1. The van der Waals surface area contributed by atoms with E-state index < -0.39 is 0 Å². The number of ether oxygens (including phenoxy) is 3. The molecule has 0 atom stereocenters. The monoisotopic (exact) mass is 310 g/mol. The van der Waals surface area contributed by atoms with E-state index in [4.69, 9.17) is 14.2 Å². The van der Waals surface area contributed by atoms with Crippen molar-refractivity contribution >= 4 is 26.7 Å². The molecule has 0 amide bonds. The summed E-state index contributed by atoms with van der Waals surface area (Å²) < 4.78 is 17.1. The van der Waals surface area contributed by atoms with Gasteiger partial charge in [0, 0.05) is 16.8 Å². The van der Waals surface area contributed by atoms with Crippen molar-refractivity contribution in [1.29, 1.82) is 0 Å². The highest BCUT2D eigenvalue weighted by atomic mass is 79.9. The summed E-state index contributed by atoms with van der Waals surface area (Å²) in [5.41, 5.74) is 0. The topological polar surface area (TPSA) is 27.7 Å². The highest BCUT2D eigenvalue weighted by molar-refractivity contribution is 9.10. The number of hydrogen-bond donors (Lipinski definition) is 0. The van der Waals surface area contributed by atoms with Crippen molar-refractivity contribution in [2.24, 2.45) is 0 Å². The molecule has 0 unspecified atom stereocenters. The summed E-state index contributed by atoms with van der Waals surface area (Å²) in [5, 5.41) is 2.03. The Labute approximate surface area is 115 Å². The van der Waals surface area contributed by atoms with Crippen molar-refractivity contribution in [3.8, 4) is 17.2 Å². The van der Waals surface area contributed by atoms with Crippen molar-refractivity contribution < 1.29 is 14.2 Å². The number of rotatable bonds is 4. The molecule has 0 N–H and O–H groups in total. The van der Waals surface area contributed by atoms with E-state index in [0.29, 0.717) is 6.61 Å². The quantitative estimate of drug-likeness (QED) is 0.853. The molecule has 96 valence electrons. The largest absolute Gasteiger partial charge is 0.496 e. The maximum Gasteiger partial charge on any atom is 0.133 e. The molecule has 0 aliphatic heterocycles. The first kappa shape index (κ1) is 13.0. The zero-order valence-corrected chi connectivity index (χ0v) is 12.2. The first-order valence-corrected chi connectivity index (χ1v) is 6.47. The Kier molecular flexibility index (Phi) is 3.97. The smallest absolute Gasteiger partial charge is 0.133 e. The maximum absolute atomic E-state index is 5.54. The molecular weight excluding hydrogens is 296 g/mol. The van der Waals surface area contributed by atoms with Gasteiger partial charge in [-0.05, 0) is 41.1 Å². The van der Waals surface area contributed by atoms with Crippen molar-refractivity contribution in [2.75, 3.05) is 20.8 Å². The van der Waals surface area contributed by atoms with Gasteiger partial charge in [-0.2, -0.15) is 0 Å². The molecule has 0 saturated heterocycles. The SMILES string of the molecule is CCOc1cc(OC)c2ccc(OC)c(Br)c2c1. The molecule has 18 heavy (non-hydrogen) atoms.